The summed E-state index contributed by atoms with van der Waals surface area (Å²) in [4.78, 5) is 13.5. The van der Waals surface area contributed by atoms with E-state index >= 15 is 0 Å². The highest BCUT2D eigenvalue weighted by atomic mass is 16.2. The highest BCUT2D eigenvalue weighted by molar-refractivity contribution is 5.83. The Hall–Kier alpha value is -1.35. The van der Waals surface area contributed by atoms with Crippen molar-refractivity contribution >= 4 is 5.91 Å². The molecule has 1 atom stereocenters. The first-order valence-corrected chi connectivity index (χ1v) is 5.68. The van der Waals surface area contributed by atoms with Gasteiger partial charge in [-0.3, -0.25) is 4.79 Å². The van der Waals surface area contributed by atoms with E-state index in [1.54, 1.807) is 0 Å². The molecule has 0 saturated carbocycles. The number of hydrogen-bond donors (Lipinski definition) is 1. The smallest absolute Gasteiger partial charge is 0.239 e. The monoisotopic (exact) mass is 218 g/mol. The third-order valence-electron chi connectivity index (χ3n) is 3.28. The lowest BCUT2D eigenvalue weighted by atomic mass is 10.1. The summed E-state index contributed by atoms with van der Waals surface area (Å²) in [6.45, 7) is 5.66. The van der Waals surface area contributed by atoms with E-state index in [-0.39, 0.29) is 11.9 Å². The second kappa shape index (κ2) is 4.26. The van der Waals surface area contributed by atoms with Gasteiger partial charge in [0.1, 0.15) is 0 Å². The Morgan fingerprint density at radius 3 is 2.69 bits per heavy atom. The van der Waals surface area contributed by atoms with Crippen LogP contribution >= 0.6 is 0 Å². The summed E-state index contributed by atoms with van der Waals surface area (Å²) in [5, 5.41) is 0. The molecule has 3 heteroatoms. The third-order valence-corrected chi connectivity index (χ3v) is 3.28. The minimum Gasteiger partial charge on any atom is -0.337 e. The van der Waals surface area contributed by atoms with Gasteiger partial charge in [-0.15, -0.1) is 0 Å². The molecular formula is C13H18N2O. The van der Waals surface area contributed by atoms with Crippen molar-refractivity contribution in [1.29, 1.82) is 0 Å². The van der Waals surface area contributed by atoms with E-state index in [9.17, 15) is 4.79 Å². The van der Waals surface area contributed by atoms with Crippen LogP contribution in [0.25, 0.3) is 0 Å². The van der Waals surface area contributed by atoms with E-state index in [2.05, 4.69) is 32.0 Å². The van der Waals surface area contributed by atoms with Crippen molar-refractivity contribution in [2.45, 2.75) is 32.9 Å². The van der Waals surface area contributed by atoms with Gasteiger partial charge >= 0.3 is 0 Å². The van der Waals surface area contributed by atoms with Gasteiger partial charge < -0.3 is 10.6 Å². The standard InChI is InChI=1S/C13H18N2O/c1-9-3-4-11(7-10(9)2)8-15-6-5-12(14)13(15)16/h3-4,7,12H,5-6,8,14H2,1-2H3/t12-/m1/s1. The summed E-state index contributed by atoms with van der Waals surface area (Å²) in [7, 11) is 0. The molecule has 2 N–H and O–H groups in total. The van der Waals surface area contributed by atoms with Crippen LogP contribution in [0.4, 0.5) is 0 Å². The second-order valence-electron chi connectivity index (χ2n) is 4.57. The lowest BCUT2D eigenvalue weighted by Gasteiger charge is -2.16. The van der Waals surface area contributed by atoms with Crippen molar-refractivity contribution in [2.75, 3.05) is 6.54 Å². The molecule has 1 aliphatic rings. The third kappa shape index (κ3) is 2.09. The fraction of sp³-hybridized carbons (Fsp3) is 0.462. The zero-order valence-corrected chi connectivity index (χ0v) is 9.86. The molecule has 0 aliphatic carbocycles. The molecule has 0 bridgehead atoms. The number of benzene rings is 1. The van der Waals surface area contributed by atoms with Crippen LogP contribution in [0.1, 0.15) is 23.1 Å². The van der Waals surface area contributed by atoms with Crippen molar-refractivity contribution in [3.8, 4) is 0 Å². The van der Waals surface area contributed by atoms with Gasteiger partial charge in [-0.05, 0) is 37.0 Å². The SMILES string of the molecule is Cc1ccc(CN2CC[C@@H](N)C2=O)cc1C. The number of carbonyl (C=O) groups excluding carboxylic acids is 1. The number of nitrogens with two attached hydrogens (primary N) is 1. The van der Waals surface area contributed by atoms with Crippen LogP contribution in [0.3, 0.4) is 0 Å². The normalized spacial score (nSPS) is 20.6. The first kappa shape index (κ1) is 11.1. The molecule has 1 fully saturated rings. The molecular weight excluding hydrogens is 200 g/mol. The van der Waals surface area contributed by atoms with Crippen molar-refractivity contribution < 1.29 is 4.79 Å². The van der Waals surface area contributed by atoms with Crippen LogP contribution in [0, 0.1) is 13.8 Å². The first-order valence-electron chi connectivity index (χ1n) is 5.68. The lowest BCUT2D eigenvalue weighted by Crippen LogP contribution is -2.33. The number of amides is 1. The summed E-state index contributed by atoms with van der Waals surface area (Å²) >= 11 is 0. The summed E-state index contributed by atoms with van der Waals surface area (Å²) in [5.74, 6) is 0.0817. The van der Waals surface area contributed by atoms with Crippen LogP contribution < -0.4 is 5.73 Å². The molecule has 1 saturated heterocycles. The van der Waals surface area contributed by atoms with E-state index in [0.29, 0.717) is 6.54 Å². The molecule has 1 aromatic rings. The molecule has 1 heterocycles. The molecule has 0 unspecified atom stereocenters. The van der Waals surface area contributed by atoms with Crippen molar-refractivity contribution in [3.05, 3.63) is 34.9 Å². The van der Waals surface area contributed by atoms with Crippen LogP contribution in [0.5, 0.6) is 0 Å². The number of nitrogens with zero attached hydrogens (tertiary/aromatic N) is 1. The number of likely N-dealkylation sites (tertiary alicyclic amines) is 1. The lowest BCUT2D eigenvalue weighted by molar-refractivity contribution is -0.129. The van der Waals surface area contributed by atoms with Gasteiger partial charge in [-0.25, -0.2) is 0 Å². The Morgan fingerprint density at radius 2 is 2.12 bits per heavy atom. The van der Waals surface area contributed by atoms with Gasteiger partial charge in [0.15, 0.2) is 0 Å². The first-order chi connectivity index (χ1) is 7.58. The minimum atomic E-state index is -0.286. The molecule has 16 heavy (non-hydrogen) atoms. The van der Waals surface area contributed by atoms with E-state index in [0.717, 1.165) is 13.0 Å². The fourth-order valence-corrected chi connectivity index (χ4v) is 2.04. The topological polar surface area (TPSA) is 46.3 Å². The number of carbonyl (C=O) groups is 1. The van der Waals surface area contributed by atoms with Crippen molar-refractivity contribution in [2.24, 2.45) is 5.73 Å². The number of rotatable bonds is 2. The molecule has 86 valence electrons. The molecule has 0 aromatic heterocycles. The number of hydrogen-bond acceptors (Lipinski definition) is 2. The van der Waals surface area contributed by atoms with E-state index in [4.69, 9.17) is 5.73 Å². The minimum absolute atomic E-state index is 0.0817. The van der Waals surface area contributed by atoms with Gasteiger partial charge in [-0.2, -0.15) is 0 Å². The quantitative estimate of drug-likeness (QED) is 0.814. The van der Waals surface area contributed by atoms with Crippen molar-refractivity contribution in [3.63, 3.8) is 0 Å². The maximum Gasteiger partial charge on any atom is 0.239 e. The molecule has 2 rings (SSSR count). The zero-order chi connectivity index (χ0) is 11.7. The van der Waals surface area contributed by atoms with Crippen LogP contribution in [0.15, 0.2) is 18.2 Å². The van der Waals surface area contributed by atoms with E-state index in [1.807, 2.05) is 4.90 Å². The van der Waals surface area contributed by atoms with Gasteiger partial charge in [0.25, 0.3) is 0 Å². The second-order valence-corrected chi connectivity index (χ2v) is 4.57. The predicted octanol–water partition coefficient (Wildman–Crippen LogP) is 1.36. The maximum atomic E-state index is 11.7. The molecule has 0 spiro atoms. The summed E-state index contributed by atoms with van der Waals surface area (Å²) in [6.07, 6.45) is 0.781. The fourth-order valence-electron chi connectivity index (χ4n) is 2.04. The molecule has 3 nitrogen and oxygen atoms in total. The Labute approximate surface area is 96.2 Å². The summed E-state index contributed by atoms with van der Waals surface area (Å²) < 4.78 is 0. The average Bonchev–Trinajstić information content (AvgIpc) is 2.55. The Morgan fingerprint density at radius 1 is 1.38 bits per heavy atom. The van der Waals surface area contributed by atoms with E-state index < -0.39 is 0 Å². The van der Waals surface area contributed by atoms with Crippen molar-refractivity contribution in [1.82, 2.24) is 4.90 Å². The largest absolute Gasteiger partial charge is 0.337 e. The molecule has 1 amide bonds. The zero-order valence-electron chi connectivity index (χ0n) is 9.86. The van der Waals surface area contributed by atoms with Gasteiger partial charge in [-0.1, -0.05) is 18.2 Å². The molecule has 1 aromatic carbocycles. The molecule has 0 radical (unpaired) electrons. The number of aryl methyl sites for hydroxylation is 2. The highest BCUT2D eigenvalue weighted by Crippen LogP contribution is 2.16. The summed E-state index contributed by atoms with van der Waals surface area (Å²) in [5.41, 5.74) is 9.43. The summed E-state index contributed by atoms with van der Waals surface area (Å²) in [6, 6.07) is 6.04. The Bertz CT molecular complexity index is 414. The van der Waals surface area contributed by atoms with Crippen LogP contribution in [-0.2, 0) is 11.3 Å². The van der Waals surface area contributed by atoms with Crippen LogP contribution in [0.2, 0.25) is 0 Å². The predicted molar refractivity (Wildman–Crippen MR) is 63.9 cm³/mol. The maximum absolute atomic E-state index is 11.7. The average molecular weight is 218 g/mol. The Balaban J connectivity index is 2.10. The van der Waals surface area contributed by atoms with E-state index in [1.165, 1.54) is 16.7 Å². The van der Waals surface area contributed by atoms with Gasteiger partial charge in [0.05, 0.1) is 6.04 Å². The van der Waals surface area contributed by atoms with Crippen LogP contribution in [-0.4, -0.2) is 23.4 Å². The highest BCUT2D eigenvalue weighted by Gasteiger charge is 2.28. The van der Waals surface area contributed by atoms with Gasteiger partial charge in [0.2, 0.25) is 5.91 Å². The molecule has 1 aliphatic heterocycles. The Kier molecular flexibility index (Phi) is 2.97. The van der Waals surface area contributed by atoms with Gasteiger partial charge in [0, 0.05) is 13.1 Å².